The Bertz CT molecular complexity index is 439. The second-order valence-electron chi connectivity index (χ2n) is 4.91. The highest BCUT2D eigenvalue weighted by molar-refractivity contribution is 6.02. The van der Waals surface area contributed by atoms with E-state index in [-0.39, 0.29) is 11.3 Å². The zero-order valence-electron chi connectivity index (χ0n) is 10.00. The van der Waals surface area contributed by atoms with Crippen LogP contribution in [0.1, 0.15) is 47.1 Å². The summed E-state index contributed by atoms with van der Waals surface area (Å²) in [4.78, 5) is 22.9. The lowest BCUT2D eigenvalue weighted by Crippen LogP contribution is -2.21. The van der Waals surface area contributed by atoms with Gasteiger partial charge in [0.2, 0.25) is 0 Å². The van der Waals surface area contributed by atoms with Gasteiger partial charge in [-0.3, -0.25) is 4.79 Å². The molecule has 3 nitrogen and oxygen atoms in total. The molecule has 0 heterocycles. The third-order valence-corrected chi connectivity index (χ3v) is 2.41. The van der Waals surface area contributed by atoms with E-state index < -0.39 is 11.4 Å². The summed E-state index contributed by atoms with van der Waals surface area (Å²) in [5.74, 6) is -1.05. The van der Waals surface area contributed by atoms with Crippen LogP contribution in [0.25, 0.3) is 0 Å². The predicted molar refractivity (Wildman–Crippen MR) is 61.9 cm³/mol. The molecule has 1 rings (SSSR count). The average Bonchev–Trinajstić information content (AvgIpc) is 2.15. The van der Waals surface area contributed by atoms with Crippen LogP contribution in [0.3, 0.4) is 0 Å². The van der Waals surface area contributed by atoms with E-state index in [4.69, 9.17) is 5.11 Å². The van der Waals surface area contributed by atoms with Gasteiger partial charge in [0, 0.05) is 11.0 Å². The number of rotatable bonds is 2. The van der Waals surface area contributed by atoms with Gasteiger partial charge in [-0.05, 0) is 24.6 Å². The summed E-state index contributed by atoms with van der Waals surface area (Å²) in [7, 11) is 0. The topological polar surface area (TPSA) is 54.4 Å². The molecular formula is C13H16O3. The predicted octanol–water partition coefficient (Wildman–Crippen LogP) is 2.92. The number of carboxylic acids is 1. The minimum atomic E-state index is -1.01. The Hall–Kier alpha value is -1.64. The van der Waals surface area contributed by atoms with Gasteiger partial charge < -0.3 is 5.11 Å². The van der Waals surface area contributed by atoms with Crippen molar-refractivity contribution in [1.82, 2.24) is 0 Å². The number of hydrogen-bond donors (Lipinski definition) is 1. The van der Waals surface area contributed by atoms with Crippen LogP contribution in [-0.4, -0.2) is 16.9 Å². The SMILES string of the molecule is Cc1ccc(C(=O)O)cc1C(=O)C(C)(C)C. The summed E-state index contributed by atoms with van der Waals surface area (Å²) in [6.45, 7) is 7.28. The molecule has 1 aromatic carbocycles. The Morgan fingerprint density at radius 3 is 2.19 bits per heavy atom. The number of aryl methyl sites for hydroxylation is 1. The number of carboxylic acid groups (broad SMARTS) is 1. The molecule has 0 atom stereocenters. The molecule has 0 fully saturated rings. The van der Waals surface area contributed by atoms with Crippen molar-refractivity contribution in [3.63, 3.8) is 0 Å². The highest BCUT2D eigenvalue weighted by Crippen LogP contribution is 2.23. The van der Waals surface area contributed by atoms with Crippen LogP contribution in [0, 0.1) is 12.3 Å². The number of ketones is 1. The lowest BCUT2D eigenvalue weighted by atomic mass is 9.84. The van der Waals surface area contributed by atoms with E-state index in [1.165, 1.54) is 12.1 Å². The Balaban J connectivity index is 3.28. The standard InChI is InChI=1S/C13H16O3/c1-8-5-6-9(12(15)16)7-10(8)11(14)13(2,3)4/h5-7H,1-4H3,(H,15,16). The van der Waals surface area contributed by atoms with Crippen molar-refractivity contribution in [1.29, 1.82) is 0 Å². The number of benzene rings is 1. The molecule has 0 radical (unpaired) electrons. The number of carbonyl (C=O) groups excluding carboxylic acids is 1. The summed E-state index contributed by atoms with van der Waals surface area (Å²) in [6, 6.07) is 4.63. The fourth-order valence-corrected chi connectivity index (χ4v) is 1.40. The molecule has 0 bridgehead atoms. The van der Waals surface area contributed by atoms with Gasteiger partial charge in [0.15, 0.2) is 5.78 Å². The zero-order valence-corrected chi connectivity index (χ0v) is 10.00. The molecule has 0 unspecified atom stereocenters. The van der Waals surface area contributed by atoms with E-state index in [0.29, 0.717) is 5.56 Å². The van der Waals surface area contributed by atoms with E-state index in [1.54, 1.807) is 6.07 Å². The molecule has 0 saturated carbocycles. The third kappa shape index (κ3) is 2.48. The molecule has 16 heavy (non-hydrogen) atoms. The summed E-state index contributed by atoms with van der Waals surface area (Å²) in [6.07, 6.45) is 0. The summed E-state index contributed by atoms with van der Waals surface area (Å²) in [5, 5.41) is 8.87. The van der Waals surface area contributed by atoms with Crippen LogP contribution in [0.5, 0.6) is 0 Å². The lowest BCUT2D eigenvalue weighted by Gasteiger charge is -2.18. The molecule has 1 aromatic rings. The van der Waals surface area contributed by atoms with Crippen molar-refractivity contribution in [2.45, 2.75) is 27.7 Å². The highest BCUT2D eigenvalue weighted by Gasteiger charge is 2.24. The van der Waals surface area contributed by atoms with Gasteiger partial charge in [-0.2, -0.15) is 0 Å². The fourth-order valence-electron chi connectivity index (χ4n) is 1.40. The molecule has 0 saturated heterocycles. The monoisotopic (exact) mass is 220 g/mol. The molecular weight excluding hydrogens is 204 g/mol. The molecule has 3 heteroatoms. The summed E-state index contributed by atoms with van der Waals surface area (Å²) >= 11 is 0. The lowest BCUT2D eigenvalue weighted by molar-refractivity contribution is 0.0697. The first-order valence-electron chi connectivity index (χ1n) is 5.12. The number of Topliss-reactive ketones (excluding diaryl/α,β-unsaturated/α-hetero) is 1. The van der Waals surface area contributed by atoms with E-state index in [9.17, 15) is 9.59 Å². The molecule has 0 aliphatic rings. The van der Waals surface area contributed by atoms with Crippen molar-refractivity contribution in [3.05, 3.63) is 34.9 Å². The van der Waals surface area contributed by atoms with E-state index in [2.05, 4.69) is 0 Å². The maximum absolute atomic E-state index is 12.1. The zero-order chi connectivity index (χ0) is 12.5. The van der Waals surface area contributed by atoms with E-state index >= 15 is 0 Å². The first-order chi connectivity index (χ1) is 7.23. The number of carbonyl (C=O) groups is 2. The normalized spacial score (nSPS) is 11.2. The van der Waals surface area contributed by atoms with Gasteiger partial charge in [-0.25, -0.2) is 4.79 Å². The largest absolute Gasteiger partial charge is 0.478 e. The molecule has 0 amide bonds. The molecule has 0 aromatic heterocycles. The minimum Gasteiger partial charge on any atom is -0.478 e. The van der Waals surface area contributed by atoms with Crippen LogP contribution < -0.4 is 0 Å². The molecule has 0 aliphatic carbocycles. The van der Waals surface area contributed by atoms with Gasteiger partial charge in [-0.1, -0.05) is 26.8 Å². The van der Waals surface area contributed by atoms with Crippen LogP contribution in [0.4, 0.5) is 0 Å². The van der Waals surface area contributed by atoms with Gasteiger partial charge in [-0.15, -0.1) is 0 Å². The maximum Gasteiger partial charge on any atom is 0.335 e. The molecule has 86 valence electrons. The van der Waals surface area contributed by atoms with Crippen LogP contribution in [-0.2, 0) is 0 Å². The summed E-state index contributed by atoms with van der Waals surface area (Å²) < 4.78 is 0. The minimum absolute atomic E-state index is 0.0342. The smallest absolute Gasteiger partial charge is 0.335 e. The maximum atomic E-state index is 12.1. The van der Waals surface area contributed by atoms with Crippen LogP contribution >= 0.6 is 0 Å². The highest BCUT2D eigenvalue weighted by atomic mass is 16.4. The Kier molecular flexibility index (Phi) is 3.17. The summed E-state index contributed by atoms with van der Waals surface area (Å²) in [5.41, 5.74) is 0.956. The van der Waals surface area contributed by atoms with E-state index in [0.717, 1.165) is 5.56 Å². The van der Waals surface area contributed by atoms with Gasteiger partial charge in [0.25, 0.3) is 0 Å². The molecule has 0 aliphatic heterocycles. The Morgan fingerprint density at radius 1 is 1.19 bits per heavy atom. The number of hydrogen-bond acceptors (Lipinski definition) is 2. The van der Waals surface area contributed by atoms with E-state index in [1.807, 2.05) is 27.7 Å². The van der Waals surface area contributed by atoms with Gasteiger partial charge in [0.1, 0.15) is 0 Å². The fraction of sp³-hybridized carbons (Fsp3) is 0.385. The van der Waals surface area contributed by atoms with Gasteiger partial charge >= 0.3 is 5.97 Å². The first kappa shape index (κ1) is 12.4. The van der Waals surface area contributed by atoms with Crippen LogP contribution in [0.15, 0.2) is 18.2 Å². The molecule has 1 N–H and O–H groups in total. The van der Waals surface area contributed by atoms with Gasteiger partial charge in [0.05, 0.1) is 5.56 Å². The second kappa shape index (κ2) is 4.08. The van der Waals surface area contributed by atoms with Crippen molar-refractivity contribution in [2.75, 3.05) is 0 Å². The quantitative estimate of drug-likeness (QED) is 0.779. The van der Waals surface area contributed by atoms with Crippen molar-refractivity contribution in [2.24, 2.45) is 5.41 Å². The third-order valence-electron chi connectivity index (χ3n) is 2.41. The number of aromatic carboxylic acids is 1. The van der Waals surface area contributed by atoms with Crippen molar-refractivity contribution in [3.8, 4) is 0 Å². The average molecular weight is 220 g/mol. The van der Waals surface area contributed by atoms with Crippen molar-refractivity contribution >= 4 is 11.8 Å². The molecule has 0 spiro atoms. The second-order valence-corrected chi connectivity index (χ2v) is 4.91. The van der Waals surface area contributed by atoms with Crippen molar-refractivity contribution < 1.29 is 14.7 Å². The Morgan fingerprint density at radius 2 is 1.75 bits per heavy atom. The first-order valence-corrected chi connectivity index (χ1v) is 5.12. The Labute approximate surface area is 95.1 Å². The van der Waals surface area contributed by atoms with Crippen LogP contribution in [0.2, 0.25) is 0 Å².